The molecule has 1 saturated heterocycles. The van der Waals surface area contributed by atoms with E-state index in [2.05, 4.69) is 49.9 Å². The molecule has 1 aliphatic carbocycles. The van der Waals surface area contributed by atoms with E-state index >= 15 is 0 Å². The fraction of sp³-hybridized carbons (Fsp3) is 0.708. The quantitative estimate of drug-likeness (QED) is 0.644. The Morgan fingerprint density at radius 2 is 1.62 bits per heavy atom. The van der Waals surface area contributed by atoms with Crippen molar-refractivity contribution in [2.24, 2.45) is 17.3 Å². The average Bonchev–Trinajstić information content (AvgIpc) is 2.63. The van der Waals surface area contributed by atoms with E-state index in [9.17, 15) is 4.79 Å². The molecule has 146 valence electrons. The first-order valence-electron chi connectivity index (χ1n) is 10.8. The van der Waals surface area contributed by atoms with Crippen LogP contribution in [0, 0.1) is 17.3 Å². The van der Waals surface area contributed by atoms with E-state index in [1.165, 1.54) is 30.4 Å². The standard InChI is InChI=1S/C22H33NO.C2H6/c1-17(2)15-18-5-7-19(8-6-18)16-20-9-13-23(14-10-20)21(24)22(3)11-4-12-22;1-2/h5-8,17,20H,4,9-16H2,1-3H3;1-2H3. The molecule has 0 spiro atoms. The van der Waals surface area contributed by atoms with Crippen LogP contribution in [-0.4, -0.2) is 23.9 Å². The minimum atomic E-state index is -0.0287. The first-order chi connectivity index (χ1) is 12.5. The predicted octanol–water partition coefficient (Wildman–Crippen LogP) is 5.88. The van der Waals surface area contributed by atoms with Gasteiger partial charge in [-0.3, -0.25) is 4.79 Å². The van der Waals surface area contributed by atoms with Crippen LogP contribution < -0.4 is 0 Å². The third-order valence-electron chi connectivity index (χ3n) is 6.07. The van der Waals surface area contributed by atoms with E-state index in [-0.39, 0.29) is 5.41 Å². The first-order valence-corrected chi connectivity index (χ1v) is 10.8. The van der Waals surface area contributed by atoms with E-state index in [1.54, 1.807) is 0 Å². The number of hydrogen-bond donors (Lipinski definition) is 0. The molecular formula is C24H39NO. The number of nitrogens with zero attached hydrogens (tertiary/aromatic N) is 1. The first kappa shape index (κ1) is 21.0. The van der Waals surface area contributed by atoms with Gasteiger partial charge in [-0.2, -0.15) is 0 Å². The number of likely N-dealkylation sites (tertiary alicyclic amines) is 1. The number of rotatable bonds is 5. The van der Waals surface area contributed by atoms with Crippen LogP contribution in [0.15, 0.2) is 24.3 Å². The minimum Gasteiger partial charge on any atom is -0.342 e. The maximum absolute atomic E-state index is 12.6. The van der Waals surface area contributed by atoms with Crippen molar-refractivity contribution in [1.29, 1.82) is 0 Å². The van der Waals surface area contributed by atoms with Gasteiger partial charge in [-0.1, -0.05) is 65.3 Å². The molecule has 2 nitrogen and oxygen atoms in total. The Morgan fingerprint density at radius 3 is 2.08 bits per heavy atom. The van der Waals surface area contributed by atoms with Crippen molar-refractivity contribution >= 4 is 5.91 Å². The molecule has 0 atom stereocenters. The zero-order valence-corrected chi connectivity index (χ0v) is 17.7. The number of hydrogen-bond acceptors (Lipinski definition) is 1. The summed E-state index contributed by atoms with van der Waals surface area (Å²) in [5, 5.41) is 0. The van der Waals surface area contributed by atoms with Crippen molar-refractivity contribution in [3.05, 3.63) is 35.4 Å². The number of carbonyl (C=O) groups excluding carboxylic acids is 1. The molecule has 2 heteroatoms. The van der Waals surface area contributed by atoms with E-state index in [4.69, 9.17) is 0 Å². The van der Waals surface area contributed by atoms with Crippen LogP contribution in [0.5, 0.6) is 0 Å². The highest BCUT2D eigenvalue weighted by Crippen LogP contribution is 2.42. The third-order valence-corrected chi connectivity index (χ3v) is 6.07. The summed E-state index contributed by atoms with van der Waals surface area (Å²) in [4.78, 5) is 14.8. The number of benzene rings is 1. The monoisotopic (exact) mass is 357 g/mol. The smallest absolute Gasteiger partial charge is 0.228 e. The molecule has 0 bridgehead atoms. The van der Waals surface area contributed by atoms with Crippen LogP contribution in [0.25, 0.3) is 0 Å². The summed E-state index contributed by atoms with van der Waals surface area (Å²) < 4.78 is 0. The molecule has 0 N–H and O–H groups in total. The predicted molar refractivity (Wildman–Crippen MR) is 111 cm³/mol. The van der Waals surface area contributed by atoms with E-state index in [0.717, 1.165) is 50.6 Å². The van der Waals surface area contributed by atoms with Gasteiger partial charge in [-0.15, -0.1) is 0 Å². The lowest BCUT2D eigenvalue weighted by atomic mass is 9.69. The van der Waals surface area contributed by atoms with Crippen LogP contribution in [0.4, 0.5) is 0 Å². The maximum Gasteiger partial charge on any atom is 0.228 e. The van der Waals surface area contributed by atoms with Crippen molar-refractivity contribution in [3.63, 3.8) is 0 Å². The highest BCUT2D eigenvalue weighted by molar-refractivity contribution is 5.83. The third kappa shape index (κ3) is 5.34. The summed E-state index contributed by atoms with van der Waals surface area (Å²) in [5.74, 6) is 1.87. The number of carbonyl (C=O) groups is 1. The molecule has 0 radical (unpaired) electrons. The molecule has 1 saturated carbocycles. The van der Waals surface area contributed by atoms with Crippen LogP contribution in [-0.2, 0) is 17.6 Å². The molecule has 26 heavy (non-hydrogen) atoms. The van der Waals surface area contributed by atoms with E-state index in [1.807, 2.05) is 13.8 Å². The van der Waals surface area contributed by atoms with Gasteiger partial charge in [0.05, 0.1) is 0 Å². The largest absolute Gasteiger partial charge is 0.342 e. The molecule has 1 heterocycles. The Balaban J connectivity index is 0.00000117. The topological polar surface area (TPSA) is 20.3 Å². The van der Waals surface area contributed by atoms with Crippen LogP contribution >= 0.6 is 0 Å². The van der Waals surface area contributed by atoms with Gasteiger partial charge in [0, 0.05) is 18.5 Å². The Bertz CT molecular complexity index is 548. The van der Waals surface area contributed by atoms with Crippen molar-refractivity contribution in [3.8, 4) is 0 Å². The van der Waals surface area contributed by atoms with Gasteiger partial charge >= 0.3 is 0 Å². The molecule has 1 amide bonds. The van der Waals surface area contributed by atoms with Gasteiger partial charge in [-0.25, -0.2) is 0 Å². The normalized spacial score (nSPS) is 19.5. The zero-order chi connectivity index (χ0) is 19.2. The Kier molecular flexibility index (Phi) is 7.73. The fourth-order valence-corrected chi connectivity index (χ4v) is 4.26. The summed E-state index contributed by atoms with van der Waals surface area (Å²) in [6.07, 6.45) is 8.07. The van der Waals surface area contributed by atoms with Gasteiger partial charge in [0.2, 0.25) is 5.91 Å². The Morgan fingerprint density at radius 1 is 1.08 bits per heavy atom. The summed E-state index contributed by atoms with van der Waals surface area (Å²) in [6.45, 7) is 12.6. The van der Waals surface area contributed by atoms with Crippen LogP contribution in [0.2, 0.25) is 0 Å². The number of piperidine rings is 1. The highest BCUT2D eigenvalue weighted by atomic mass is 16.2. The lowest BCUT2D eigenvalue weighted by Crippen LogP contribution is -2.49. The molecule has 1 aliphatic heterocycles. The minimum absolute atomic E-state index is 0.0287. The van der Waals surface area contributed by atoms with Gasteiger partial charge in [0.1, 0.15) is 0 Å². The number of amides is 1. The van der Waals surface area contributed by atoms with Crippen molar-refractivity contribution in [2.45, 2.75) is 79.6 Å². The second-order valence-electron chi connectivity index (χ2n) is 8.77. The van der Waals surface area contributed by atoms with Gasteiger partial charge in [0.25, 0.3) is 0 Å². The van der Waals surface area contributed by atoms with Crippen LogP contribution in [0.3, 0.4) is 0 Å². The van der Waals surface area contributed by atoms with Crippen molar-refractivity contribution in [2.75, 3.05) is 13.1 Å². The molecule has 3 rings (SSSR count). The van der Waals surface area contributed by atoms with Crippen molar-refractivity contribution in [1.82, 2.24) is 4.90 Å². The fourth-order valence-electron chi connectivity index (χ4n) is 4.26. The molecular weight excluding hydrogens is 318 g/mol. The van der Waals surface area contributed by atoms with Gasteiger partial charge < -0.3 is 4.90 Å². The second kappa shape index (κ2) is 9.58. The van der Waals surface area contributed by atoms with Gasteiger partial charge in [0.15, 0.2) is 0 Å². The van der Waals surface area contributed by atoms with Crippen molar-refractivity contribution < 1.29 is 4.79 Å². The second-order valence-corrected chi connectivity index (χ2v) is 8.77. The Labute approximate surface area is 161 Å². The Hall–Kier alpha value is -1.31. The molecule has 1 aromatic rings. The summed E-state index contributed by atoms with van der Waals surface area (Å²) in [7, 11) is 0. The van der Waals surface area contributed by atoms with Gasteiger partial charge in [-0.05, 0) is 61.5 Å². The zero-order valence-electron chi connectivity index (χ0n) is 17.7. The maximum atomic E-state index is 12.6. The molecule has 2 aliphatic rings. The lowest BCUT2D eigenvalue weighted by molar-refractivity contribution is -0.147. The summed E-state index contributed by atoms with van der Waals surface area (Å²) >= 11 is 0. The molecule has 2 fully saturated rings. The van der Waals surface area contributed by atoms with Crippen LogP contribution in [0.1, 0.15) is 77.8 Å². The van der Waals surface area contributed by atoms with E-state index in [0.29, 0.717) is 5.91 Å². The molecule has 1 aromatic carbocycles. The summed E-state index contributed by atoms with van der Waals surface area (Å²) in [6, 6.07) is 9.21. The average molecular weight is 358 g/mol. The summed E-state index contributed by atoms with van der Waals surface area (Å²) in [5.41, 5.74) is 2.88. The lowest BCUT2D eigenvalue weighted by Gasteiger charge is -2.43. The SMILES string of the molecule is CC.CC(C)Cc1ccc(CC2CCN(C(=O)C3(C)CCC3)CC2)cc1. The highest BCUT2D eigenvalue weighted by Gasteiger charge is 2.42. The molecule has 0 aromatic heterocycles. The molecule has 0 unspecified atom stereocenters. The van der Waals surface area contributed by atoms with E-state index < -0.39 is 0 Å².